The summed E-state index contributed by atoms with van der Waals surface area (Å²) >= 11 is 0. The molecule has 0 radical (unpaired) electrons. The maximum Gasteiger partial charge on any atom is 0.0963 e. The van der Waals surface area contributed by atoms with Gasteiger partial charge in [0.1, 0.15) is 0 Å². The average molecular weight is 128 g/mol. The van der Waals surface area contributed by atoms with Gasteiger partial charge in [0.05, 0.1) is 13.1 Å². The molecule has 3 heteroatoms. The number of hydrogen-bond acceptors (Lipinski definition) is 2. The van der Waals surface area contributed by atoms with E-state index in [4.69, 9.17) is 0 Å². The SMILES string of the molecule is [O-][N+]12CCC(CC1)CN2. The highest BCUT2D eigenvalue weighted by Crippen LogP contribution is 2.25. The molecule has 0 spiro atoms. The monoisotopic (exact) mass is 128 g/mol. The van der Waals surface area contributed by atoms with Gasteiger partial charge in [-0.05, 0) is 5.92 Å². The van der Waals surface area contributed by atoms with Gasteiger partial charge in [-0.1, -0.05) is 0 Å². The summed E-state index contributed by atoms with van der Waals surface area (Å²) in [5.74, 6) is 0.805. The molecule has 3 heterocycles. The molecule has 3 fully saturated rings. The van der Waals surface area contributed by atoms with Gasteiger partial charge in [0.25, 0.3) is 0 Å². The van der Waals surface area contributed by atoms with Crippen molar-refractivity contribution in [2.24, 2.45) is 5.92 Å². The van der Waals surface area contributed by atoms with Crippen LogP contribution in [0.5, 0.6) is 0 Å². The molecule has 9 heavy (non-hydrogen) atoms. The van der Waals surface area contributed by atoms with E-state index in [0.29, 0.717) is 0 Å². The van der Waals surface area contributed by atoms with Crippen LogP contribution in [0.1, 0.15) is 12.8 Å². The normalized spacial score (nSPS) is 49.7. The van der Waals surface area contributed by atoms with Crippen LogP contribution in [0.2, 0.25) is 0 Å². The van der Waals surface area contributed by atoms with Crippen molar-refractivity contribution in [3.63, 3.8) is 0 Å². The minimum atomic E-state index is -0.115. The van der Waals surface area contributed by atoms with E-state index in [1.54, 1.807) is 0 Å². The van der Waals surface area contributed by atoms with Gasteiger partial charge in [-0.3, -0.25) is 4.76 Å². The Morgan fingerprint density at radius 2 is 2.00 bits per heavy atom. The molecule has 0 unspecified atom stereocenters. The summed E-state index contributed by atoms with van der Waals surface area (Å²) in [7, 11) is 0. The number of nitrogens with zero attached hydrogens (tertiary/aromatic N) is 1. The van der Waals surface area contributed by atoms with Crippen LogP contribution in [0.15, 0.2) is 0 Å². The van der Waals surface area contributed by atoms with E-state index in [1.807, 2.05) is 0 Å². The second-order valence-electron chi connectivity index (χ2n) is 3.14. The number of rotatable bonds is 0. The first-order valence-electron chi connectivity index (χ1n) is 3.62. The number of hydrogen-bond donors (Lipinski definition) is 1. The molecule has 0 aromatic rings. The van der Waals surface area contributed by atoms with Gasteiger partial charge in [-0.25, -0.2) is 0 Å². The Labute approximate surface area is 54.8 Å². The standard InChI is InChI=1S/C6H12N2O/c9-8-3-1-6(2-4-8)5-7-8/h6-7H,1-5H2. The first-order valence-corrected chi connectivity index (χ1v) is 3.62. The van der Waals surface area contributed by atoms with Crippen molar-refractivity contribution in [3.8, 4) is 0 Å². The molecule has 0 aromatic carbocycles. The molecule has 1 N–H and O–H groups in total. The van der Waals surface area contributed by atoms with Gasteiger partial charge in [0, 0.05) is 19.4 Å². The first kappa shape index (κ1) is 5.65. The van der Waals surface area contributed by atoms with Crippen LogP contribution < -0.4 is 5.43 Å². The highest BCUT2D eigenvalue weighted by Gasteiger charge is 2.33. The third kappa shape index (κ3) is 0.852. The van der Waals surface area contributed by atoms with Crippen molar-refractivity contribution >= 4 is 0 Å². The smallest absolute Gasteiger partial charge is 0.0963 e. The highest BCUT2D eigenvalue weighted by molar-refractivity contribution is 4.70. The van der Waals surface area contributed by atoms with Crippen molar-refractivity contribution in [2.75, 3.05) is 19.6 Å². The fraction of sp³-hybridized carbons (Fsp3) is 1.00. The van der Waals surface area contributed by atoms with Crippen LogP contribution >= 0.6 is 0 Å². The lowest BCUT2D eigenvalue weighted by atomic mass is 9.95. The molecule has 0 aliphatic carbocycles. The predicted molar refractivity (Wildman–Crippen MR) is 34.1 cm³/mol. The number of quaternary nitrogens is 1. The van der Waals surface area contributed by atoms with E-state index >= 15 is 0 Å². The Hall–Kier alpha value is -0.120. The topological polar surface area (TPSA) is 35.1 Å². The summed E-state index contributed by atoms with van der Waals surface area (Å²) in [4.78, 5) is 0. The fourth-order valence-corrected chi connectivity index (χ4v) is 1.70. The van der Waals surface area contributed by atoms with E-state index in [1.165, 1.54) is 0 Å². The van der Waals surface area contributed by atoms with Crippen LogP contribution in [-0.2, 0) is 0 Å². The number of nitrogens with one attached hydrogen (secondary N) is 1. The molecule has 3 rings (SSSR count). The lowest BCUT2D eigenvalue weighted by Crippen LogP contribution is -2.64. The summed E-state index contributed by atoms with van der Waals surface area (Å²) < 4.78 is -0.115. The molecular weight excluding hydrogens is 116 g/mol. The Morgan fingerprint density at radius 3 is 2.22 bits per heavy atom. The minimum absolute atomic E-state index is 0.115. The maximum absolute atomic E-state index is 11.4. The summed E-state index contributed by atoms with van der Waals surface area (Å²) in [6.07, 6.45) is 2.27. The third-order valence-electron chi connectivity index (χ3n) is 2.47. The summed E-state index contributed by atoms with van der Waals surface area (Å²) in [5, 5.41) is 11.4. The Kier molecular flexibility index (Phi) is 1.06. The molecule has 3 aliphatic heterocycles. The molecule has 0 aromatic heterocycles. The quantitative estimate of drug-likeness (QED) is 0.374. The molecule has 2 bridgehead atoms. The second-order valence-corrected chi connectivity index (χ2v) is 3.14. The zero-order valence-corrected chi connectivity index (χ0v) is 5.47. The van der Waals surface area contributed by atoms with E-state index in [-0.39, 0.29) is 4.76 Å². The van der Waals surface area contributed by atoms with Gasteiger partial charge in [0.15, 0.2) is 0 Å². The minimum Gasteiger partial charge on any atom is -0.612 e. The molecule has 3 aliphatic rings. The van der Waals surface area contributed by atoms with Crippen LogP contribution in [0.3, 0.4) is 0 Å². The van der Waals surface area contributed by atoms with Crippen molar-refractivity contribution in [2.45, 2.75) is 12.8 Å². The number of fused-ring (bicyclic) bond motifs is 3. The van der Waals surface area contributed by atoms with Gasteiger partial charge >= 0.3 is 0 Å². The first-order chi connectivity index (χ1) is 4.29. The number of piperidine rings is 1. The Morgan fingerprint density at radius 1 is 1.33 bits per heavy atom. The lowest BCUT2D eigenvalue weighted by Gasteiger charge is -2.51. The Bertz CT molecular complexity index is 104. The molecule has 0 atom stereocenters. The Balaban J connectivity index is 2.11. The summed E-state index contributed by atoms with van der Waals surface area (Å²) in [5.41, 5.74) is 2.98. The van der Waals surface area contributed by atoms with E-state index in [2.05, 4.69) is 5.43 Å². The van der Waals surface area contributed by atoms with Crippen LogP contribution in [-0.4, -0.2) is 24.4 Å². The summed E-state index contributed by atoms with van der Waals surface area (Å²) in [6.45, 7) is 2.54. The third-order valence-corrected chi connectivity index (χ3v) is 2.47. The van der Waals surface area contributed by atoms with Gasteiger partial charge in [-0.2, -0.15) is 5.43 Å². The average Bonchev–Trinajstić information content (AvgIpc) is 1.90. The molecule has 0 saturated carbocycles. The second kappa shape index (κ2) is 1.68. The molecule has 0 amide bonds. The van der Waals surface area contributed by atoms with Crippen molar-refractivity contribution in [1.29, 1.82) is 0 Å². The van der Waals surface area contributed by atoms with Gasteiger partial charge in [-0.15, -0.1) is 0 Å². The van der Waals surface area contributed by atoms with E-state index < -0.39 is 0 Å². The molecule has 3 nitrogen and oxygen atoms in total. The van der Waals surface area contributed by atoms with E-state index in [9.17, 15) is 5.21 Å². The van der Waals surface area contributed by atoms with Crippen molar-refractivity contribution in [3.05, 3.63) is 5.21 Å². The molecule has 52 valence electrons. The van der Waals surface area contributed by atoms with Crippen LogP contribution in [0, 0.1) is 11.1 Å². The van der Waals surface area contributed by atoms with Crippen molar-refractivity contribution < 1.29 is 4.76 Å². The van der Waals surface area contributed by atoms with Crippen LogP contribution in [0.4, 0.5) is 0 Å². The highest BCUT2D eigenvalue weighted by atomic mass is 16.6. The summed E-state index contributed by atoms with van der Waals surface area (Å²) in [6, 6.07) is 0. The molecule has 3 saturated heterocycles. The van der Waals surface area contributed by atoms with Gasteiger partial charge in [0.2, 0.25) is 0 Å². The number of hydroxylamine groups is 2. The molecular formula is C6H12N2O. The van der Waals surface area contributed by atoms with Crippen molar-refractivity contribution in [1.82, 2.24) is 5.43 Å². The van der Waals surface area contributed by atoms with Crippen LogP contribution in [0.25, 0.3) is 0 Å². The van der Waals surface area contributed by atoms with E-state index in [0.717, 1.165) is 38.4 Å². The zero-order chi connectivity index (χ0) is 6.32. The zero-order valence-electron chi connectivity index (χ0n) is 5.47. The maximum atomic E-state index is 11.4. The largest absolute Gasteiger partial charge is 0.612 e. The lowest BCUT2D eigenvalue weighted by molar-refractivity contribution is -0.939. The van der Waals surface area contributed by atoms with Gasteiger partial charge < -0.3 is 5.21 Å². The predicted octanol–water partition coefficient (Wildman–Crippen LogP) is 0.229. The fourth-order valence-electron chi connectivity index (χ4n) is 1.70.